The number of phosphoric ester groups is 1. The Labute approximate surface area is 257 Å². The third-order valence-electron chi connectivity index (χ3n) is 6.41. The van der Waals surface area contributed by atoms with E-state index in [4.69, 9.17) is 19.3 Å². The van der Waals surface area contributed by atoms with Crippen LogP contribution in [0.1, 0.15) is 5.56 Å². The molecule has 17 nitrogen and oxygen atoms in total. The molecule has 0 spiro atoms. The molecule has 0 amide bonds. The van der Waals surface area contributed by atoms with Crippen LogP contribution in [-0.2, 0) is 44.0 Å². The summed E-state index contributed by atoms with van der Waals surface area (Å²) in [7, 11) is -4.78. The van der Waals surface area contributed by atoms with Crippen molar-refractivity contribution in [3.05, 3.63) is 48.0 Å². The summed E-state index contributed by atoms with van der Waals surface area (Å²) in [5.41, 5.74) is 0.837. The zero-order valence-electron chi connectivity index (χ0n) is 24.1. The SMILES string of the molecule is O=C(O)CN(CCN(CC(=O)O)C[C@H](COP(=O)(O)OCCc1cccc2ccccc12)N(CC(=O)O)CC(=O)O)CC(=O)O. The number of carboxylic acid groups (broad SMARTS) is 5. The van der Waals surface area contributed by atoms with E-state index in [9.17, 15) is 48.8 Å². The zero-order chi connectivity index (χ0) is 33.6. The highest BCUT2D eigenvalue weighted by Crippen LogP contribution is 2.43. The number of hydrogen-bond donors (Lipinski definition) is 6. The Hall–Kier alpha value is -3.96. The van der Waals surface area contributed by atoms with Crippen LogP contribution in [0.15, 0.2) is 42.5 Å². The van der Waals surface area contributed by atoms with Crippen molar-refractivity contribution in [2.45, 2.75) is 12.5 Å². The third-order valence-corrected chi connectivity index (χ3v) is 7.39. The van der Waals surface area contributed by atoms with E-state index in [-0.39, 0.29) is 26.1 Å². The maximum absolute atomic E-state index is 12.8. The van der Waals surface area contributed by atoms with Gasteiger partial charge in [0.05, 0.1) is 45.9 Å². The summed E-state index contributed by atoms with van der Waals surface area (Å²) in [6.07, 6.45) is 0.235. The average molecular weight is 658 g/mol. The van der Waals surface area contributed by atoms with E-state index in [0.717, 1.165) is 26.1 Å². The summed E-state index contributed by atoms with van der Waals surface area (Å²) in [5.74, 6) is -6.91. The maximum Gasteiger partial charge on any atom is 0.472 e. The van der Waals surface area contributed by atoms with Gasteiger partial charge in [0, 0.05) is 25.7 Å². The highest BCUT2D eigenvalue weighted by Gasteiger charge is 2.31. The number of benzene rings is 2. The number of carboxylic acids is 5. The molecule has 0 aliphatic heterocycles. The molecule has 6 N–H and O–H groups in total. The number of carbonyl (C=O) groups is 5. The van der Waals surface area contributed by atoms with E-state index >= 15 is 0 Å². The molecule has 18 heteroatoms. The van der Waals surface area contributed by atoms with Gasteiger partial charge in [-0.25, -0.2) is 4.57 Å². The molecule has 0 bridgehead atoms. The predicted molar refractivity (Wildman–Crippen MR) is 156 cm³/mol. The third kappa shape index (κ3) is 14.6. The number of rotatable bonds is 23. The number of hydrogen-bond acceptors (Lipinski definition) is 11. The molecule has 0 heterocycles. The normalized spacial score (nSPS) is 13.6. The molecule has 0 saturated carbocycles. The summed E-state index contributed by atoms with van der Waals surface area (Å²) in [4.78, 5) is 70.3. The van der Waals surface area contributed by atoms with Gasteiger partial charge >= 0.3 is 37.7 Å². The van der Waals surface area contributed by atoms with Gasteiger partial charge in [-0.2, -0.15) is 0 Å². The lowest BCUT2D eigenvalue weighted by Crippen LogP contribution is -2.52. The van der Waals surface area contributed by atoms with Gasteiger partial charge in [0.2, 0.25) is 0 Å². The van der Waals surface area contributed by atoms with Crippen LogP contribution in [0.4, 0.5) is 0 Å². The molecule has 1 unspecified atom stereocenters. The van der Waals surface area contributed by atoms with Gasteiger partial charge < -0.3 is 30.4 Å². The number of fused-ring (bicyclic) bond motifs is 1. The molecule has 45 heavy (non-hydrogen) atoms. The summed E-state index contributed by atoms with van der Waals surface area (Å²) in [6.45, 7) is -5.66. The molecule has 0 radical (unpaired) electrons. The van der Waals surface area contributed by atoms with Crippen molar-refractivity contribution in [2.24, 2.45) is 0 Å². The summed E-state index contributed by atoms with van der Waals surface area (Å²) in [6, 6.07) is 11.8. The van der Waals surface area contributed by atoms with Crippen molar-refractivity contribution in [3.8, 4) is 0 Å². The van der Waals surface area contributed by atoms with Gasteiger partial charge in [0.1, 0.15) is 0 Å². The molecular weight excluding hydrogens is 621 g/mol. The van der Waals surface area contributed by atoms with Crippen molar-refractivity contribution >= 4 is 48.4 Å². The van der Waals surface area contributed by atoms with E-state index in [0.29, 0.717) is 0 Å². The topological polar surface area (TPSA) is 252 Å². The minimum Gasteiger partial charge on any atom is -0.480 e. The second-order valence-corrected chi connectivity index (χ2v) is 11.4. The summed E-state index contributed by atoms with van der Waals surface area (Å²) >= 11 is 0. The Kier molecular flexibility index (Phi) is 15.0. The van der Waals surface area contributed by atoms with Gasteiger partial charge in [-0.05, 0) is 22.8 Å². The molecule has 0 aromatic heterocycles. The zero-order valence-corrected chi connectivity index (χ0v) is 25.0. The first-order valence-corrected chi connectivity index (χ1v) is 15.0. The first-order valence-electron chi connectivity index (χ1n) is 13.5. The van der Waals surface area contributed by atoms with Crippen LogP contribution >= 0.6 is 7.82 Å². The fraction of sp³-hybridized carbons (Fsp3) is 0.444. The molecule has 248 valence electrons. The second-order valence-electron chi connectivity index (χ2n) is 9.96. The first kappa shape index (κ1) is 37.2. The van der Waals surface area contributed by atoms with Crippen molar-refractivity contribution in [3.63, 3.8) is 0 Å². The molecule has 2 aromatic rings. The maximum atomic E-state index is 12.8. The highest BCUT2D eigenvalue weighted by atomic mass is 31.2. The molecule has 0 saturated heterocycles. The fourth-order valence-corrected chi connectivity index (χ4v) is 5.29. The van der Waals surface area contributed by atoms with E-state index in [1.165, 1.54) is 4.90 Å². The quantitative estimate of drug-likeness (QED) is 0.0874. The van der Waals surface area contributed by atoms with Crippen LogP contribution in [0.3, 0.4) is 0 Å². The highest BCUT2D eigenvalue weighted by molar-refractivity contribution is 7.47. The molecule has 2 atom stereocenters. The lowest BCUT2D eigenvalue weighted by atomic mass is 10.0. The number of aliphatic carboxylic acids is 5. The fourth-order valence-electron chi connectivity index (χ4n) is 4.54. The first-order chi connectivity index (χ1) is 21.1. The molecule has 0 aliphatic carbocycles. The average Bonchev–Trinajstić information content (AvgIpc) is 2.92. The Bertz CT molecular complexity index is 1350. The standard InChI is InChI=1S/C27H36N3O14P/c31-23(32)13-28(9-10-29(14-24(33)34)15-25(35)36)12-21(30(16-26(37)38)17-27(39)40)18-44-45(41,42)43-11-8-20-6-3-5-19-4-1-2-7-22(19)20/h1-7,21H,8-18H2,(H,31,32)(H,33,34)(H,35,36)(H,37,38)(H,39,40)(H,41,42)/t21-/m1/s1. The Morgan fingerprint density at radius 2 is 1.20 bits per heavy atom. The molecule has 2 aromatic carbocycles. The minimum absolute atomic E-state index is 0.235. The van der Waals surface area contributed by atoms with Crippen LogP contribution in [0.25, 0.3) is 10.8 Å². The predicted octanol–water partition coefficient (Wildman–Crippen LogP) is 0.214. The number of nitrogens with zero attached hydrogens (tertiary/aromatic N) is 3. The second kappa shape index (κ2) is 18.1. The summed E-state index contributed by atoms with van der Waals surface area (Å²) in [5, 5.41) is 48.2. The van der Waals surface area contributed by atoms with E-state index in [2.05, 4.69) is 0 Å². The van der Waals surface area contributed by atoms with Crippen LogP contribution in [0.5, 0.6) is 0 Å². The van der Waals surface area contributed by atoms with Gasteiger partial charge in [-0.1, -0.05) is 42.5 Å². The minimum atomic E-state index is -4.78. The molecule has 0 aliphatic rings. The van der Waals surface area contributed by atoms with Gasteiger partial charge in [0.15, 0.2) is 0 Å². The number of phosphoric acid groups is 1. The van der Waals surface area contributed by atoms with Crippen LogP contribution in [-0.4, -0.2) is 147 Å². The van der Waals surface area contributed by atoms with E-state index in [1.54, 1.807) is 0 Å². The largest absolute Gasteiger partial charge is 0.480 e. The van der Waals surface area contributed by atoms with Crippen molar-refractivity contribution in [1.82, 2.24) is 14.7 Å². The van der Waals surface area contributed by atoms with Crippen LogP contribution < -0.4 is 0 Å². The smallest absolute Gasteiger partial charge is 0.472 e. The van der Waals surface area contributed by atoms with Gasteiger partial charge in [-0.15, -0.1) is 0 Å². The van der Waals surface area contributed by atoms with Gasteiger partial charge in [-0.3, -0.25) is 47.7 Å². The lowest BCUT2D eigenvalue weighted by Gasteiger charge is -2.34. The van der Waals surface area contributed by atoms with Crippen molar-refractivity contribution in [1.29, 1.82) is 0 Å². The van der Waals surface area contributed by atoms with Crippen LogP contribution in [0.2, 0.25) is 0 Å². The molecular formula is C27H36N3O14P. The van der Waals surface area contributed by atoms with Gasteiger partial charge in [0.25, 0.3) is 0 Å². The summed E-state index contributed by atoms with van der Waals surface area (Å²) < 4.78 is 23.0. The lowest BCUT2D eigenvalue weighted by molar-refractivity contribution is -0.145. The Balaban J connectivity index is 2.19. The van der Waals surface area contributed by atoms with E-state index < -0.39 is 89.6 Å². The Morgan fingerprint density at radius 1 is 0.689 bits per heavy atom. The monoisotopic (exact) mass is 657 g/mol. The van der Waals surface area contributed by atoms with Crippen molar-refractivity contribution in [2.75, 3.05) is 65.6 Å². The van der Waals surface area contributed by atoms with E-state index in [1.807, 2.05) is 42.5 Å². The van der Waals surface area contributed by atoms with Crippen LogP contribution in [0, 0.1) is 0 Å². The van der Waals surface area contributed by atoms with Crippen molar-refractivity contribution < 1.29 is 68.0 Å². The Morgan fingerprint density at radius 3 is 1.78 bits per heavy atom. The molecule has 2 rings (SSSR count). The molecule has 0 fully saturated rings.